The van der Waals surface area contributed by atoms with Crippen molar-refractivity contribution in [3.63, 3.8) is 0 Å². The molecule has 2 N–H and O–H groups in total. The van der Waals surface area contributed by atoms with Crippen molar-refractivity contribution in [3.8, 4) is 0 Å². The Bertz CT molecular complexity index is 1500. The van der Waals surface area contributed by atoms with E-state index in [-0.39, 0.29) is 22.9 Å². The molecule has 1 aliphatic heterocycles. The fraction of sp³-hybridized carbons (Fsp3) is 0.433. The first-order valence-corrected chi connectivity index (χ1v) is 15.4. The van der Waals surface area contributed by atoms with Crippen LogP contribution in [0.1, 0.15) is 51.0 Å². The highest BCUT2D eigenvalue weighted by molar-refractivity contribution is 7.89. The zero-order valence-corrected chi connectivity index (χ0v) is 24.2. The molecule has 2 aromatic carbocycles. The third kappa shape index (κ3) is 5.83. The van der Waals surface area contributed by atoms with Crippen LogP contribution in [0.25, 0.3) is 16.5 Å². The minimum absolute atomic E-state index is 0.0143. The number of aromatic nitrogens is 2. The maximum Gasteiger partial charge on any atom is 0.243 e. The number of allylic oxidation sites excluding steroid dienone is 1. The molecule has 9 nitrogen and oxygen atoms in total. The quantitative estimate of drug-likeness (QED) is 0.418. The summed E-state index contributed by atoms with van der Waals surface area (Å²) in [6.45, 7) is 6.13. The smallest absolute Gasteiger partial charge is 0.243 e. The predicted octanol–water partition coefficient (Wildman–Crippen LogP) is 4.42. The summed E-state index contributed by atoms with van der Waals surface area (Å²) in [5.41, 5.74) is 2.66. The second kappa shape index (κ2) is 11.5. The van der Waals surface area contributed by atoms with Crippen LogP contribution in [0.3, 0.4) is 0 Å². The normalized spacial score (nSPS) is 21.7. The lowest BCUT2D eigenvalue weighted by molar-refractivity contribution is -0.125. The summed E-state index contributed by atoms with van der Waals surface area (Å²) < 4.78 is 28.1. The van der Waals surface area contributed by atoms with Gasteiger partial charge in [-0.25, -0.2) is 13.4 Å². The average molecular weight is 563 g/mol. The number of benzene rings is 2. The number of hydrogen-bond acceptors (Lipinski definition) is 7. The average Bonchev–Trinajstić information content (AvgIpc) is 3.45. The number of carbonyl (C=O) groups excluding carboxylic acids is 1. The Hall–Kier alpha value is -3.50. The van der Waals surface area contributed by atoms with Crippen LogP contribution in [0.4, 0.5) is 11.8 Å². The fourth-order valence-electron chi connectivity index (χ4n) is 5.66. The second-order valence-electron chi connectivity index (χ2n) is 11.1. The topological polar surface area (TPSA) is 108 Å². The molecule has 212 valence electrons. The molecule has 1 atom stereocenters. The van der Waals surface area contributed by atoms with Crippen molar-refractivity contribution in [2.45, 2.75) is 68.5 Å². The van der Waals surface area contributed by atoms with E-state index in [1.54, 1.807) is 24.3 Å². The number of hydrogen-bond donors (Lipinski definition) is 2. The standard InChI is InChI=1S/C30H38N6O3S/c1-20(2)21-11-17-24(18-12-21)40(38,39)36-19-7-10-27(36)29(37)31-22-13-15-23(16-14-22)32-30-33-26-9-6-5-8-25(26)28(34-30)35(3)4/h5-6,8-9,11-12,17-18,22-23,27H,1,7,10,13-16,19H2,2-4H3,(H,31,37)(H,32,33,34)/t22?,23?,27-/m0/s1. The Balaban J connectivity index is 1.19. The van der Waals surface area contributed by atoms with Gasteiger partial charge in [-0.1, -0.05) is 36.4 Å². The molecule has 2 fully saturated rings. The van der Waals surface area contributed by atoms with Gasteiger partial charge in [0.15, 0.2) is 0 Å². The Kier molecular flexibility index (Phi) is 8.09. The van der Waals surface area contributed by atoms with Crippen molar-refractivity contribution in [1.29, 1.82) is 0 Å². The van der Waals surface area contributed by atoms with Crippen LogP contribution in [-0.4, -0.2) is 67.4 Å². The van der Waals surface area contributed by atoms with Crippen LogP contribution < -0.4 is 15.5 Å². The number of carbonyl (C=O) groups is 1. The zero-order valence-electron chi connectivity index (χ0n) is 23.4. The highest BCUT2D eigenvalue weighted by atomic mass is 32.2. The summed E-state index contributed by atoms with van der Waals surface area (Å²) in [6, 6.07) is 14.2. The Morgan fingerprint density at radius 2 is 1.65 bits per heavy atom. The molecule has 2 heterocycles. The molecule has 1 aliphatic carbocycles. The van der Waals surface area contributed by atoms with Gasteiger partial charge in [-0.2, -0.15) is 9.29 Å². The summed E-state index contributed by atoms with van der Waals surface area (Å²) in [7, 11) is 0.180. The number of para-hydroxylation sites is 1. The molecule has 10 heteroatoms. The zero-order chi connectivity index (χ0) is 28.4. The van der Waals surface area contributed by atoms with Gasteiger partial charge < -0.3 is 15.5 Å². The predicted molar refractivity (Wildman–Crippen MR) is 160 cm³/mol. The first kappa shape index (κ1) is 28.0. The van der Waals surface area contributed by atoms with Gasteiger partial charge in [-0.05, 0) is 75.3 Å². The van der Waals surface area contributed by atoms with E-state index >= 15 is 0 Å². The lowest BCUT2D eigenvalue weighted by atomic mass is 9.91. The van der Waals surface area contributed by atoms with Gasteiger partial charge in [-0.3, -0.25) is 4.79 Å². The molecule has 2 aliphatic rings. The van der Waals surface area contributed by atoms with E-state index < -0.39 is 16.1 Å². The fourth-order valence-corrected chi connectivity index (χ4v) is 7.32. The summed E-state index contributed by atoms with van der Waals surface area (Å²) in [5.74, 6) is 1.28. The SMILES string of the molecule is C=C(C)c1ccc(S(=O)(=O)N2CCC[C@H]2C(=O)NC2CCC(Nc3nc(N(C)C)c4ccccc4n3)CC2)cc1. The van der Waals surface area contributed by atoms with Crippen LogP contribution in [-0.2, 0) is 14.8 Å². The Morgan fingerprint density at radius 3 is 2.33 bits per heavy atom. The number of rotatable bonds is 8. The largest absolute Gasteiger partial charge is 0.362 e. The van der Waals surface area contributed by atoms with Gasteiger partial charge in [0.1, 0.15) is 11.9 Å². The Labute approximate surface area is 236 Å². The molecular formula is C30H38N6O3S. The Morgan fingerprint density at radius 1 is 0.975 bits per heavy atom. The van der Waals surface area contributed by atoms with Gasteiger partial charge in [-0.15, -0.1) is 0 Å². The lowest BCUT2D eigenvalue weighted by Crippen LogP contribution is -2.50. The number of nitrogens with one attached hydrogen (secondary N) is 2. The summed E-state index contributed by atoms with van der Waals surface area (Å²) >= 11 is 0. The van der Waals surface area contributed by atoms with Crippen molar-refractivity contribution in [1.82, 2.24) is 19.6 Å². The maximum absolute atomic E-state index is 13.4. The molecule has 40 heavy (non-hydrogen) atoms. The molecule has 0 unspecified atom stereocenters. The third-order valence-corrected chi connectivity index (χ3v) is 9.80. The number of amides is 1. The van der Waals surface area contributed by atoms with Gasteiger partial charge in [0.2, 0.25) is 21.9 Å². The lowest BCUT2D eigenvalue weighted by Gasteiger charge is -2.31. The molecular weight excluding hydrogens is 524 g/mol. The van der Waals surface area contributed by atoms with Crippen LogP contribution in [0.2, 0.25) is 0 Å². The van der Waals surface area contributed by atoms with Gasteiger partial charge in [0.05, 0.1) is 10.4 Å². The highest BCUT2D eigenvalue weighted by Crippen LogP contribution is 2.29. The summed E-state index contributed by atoms with van der Waals surface area (Å²) in [4.78, 5) is 24.9. The van der Waals surface area contributed by atoms with Crippen molar-refractivity contribution in [2.75, 3.05) is 30.9 Å². The van der Waals surface area contributed by atoms with E-state index in [0.717, 1.165) is 53.5 Å². The van der Waals surface area contributed by atoms with E-state index in [9.17, 15) is 13.2 Å². The van der Waals surface area contributed by atoms with E-state index in [2.05, 4.69) is 17.2 Å². The van der Waals surface area contributed by atoms with Gasteiger partial charge in [0.25, 0.3) is 0 Å². The van der Waals surface area contributed by atoms with E-state index in [1.807, 2.05) is 50.2 Å². The summed E-state index contributed by atoms with van der Waals surface area (Å²) in [5, 5.41) is 7.66. The van der Waals surface area contributed by atoms with Crippen LogP contribution in [0, 0.1) is 0 Å². The van der Waals surface area contributed by atoms with Crippen LogP contribution in [0.15, 0.2) is 60.0 Å². The molecule has 0 bridgehead atoms. The molecule has 1 amide bonds. The number of nitrogens with zero attached hydrogens (tertiary/aromatic N) is 4. The molecule has 5 rings (SSSR count). The van der Waals surface area contributed by atoms with Crippen molar-refractivity contribution in [2.24, 2.45) is 0 Å². The van der Waals surface area contributed by atoms with Crippen LogP contribution >= 0.6 is 0 Å². The molecule has 1 saturated carbocycles. The molecule has 3 aromatic rings. The monoisotopic (exact) mass is 562 g/mol. The van der Waals surface area contributed by atoms with E-state index in [4.69, 9.17) is 9.97 Å². The van der Waals surface area contributed by atoms with E-state index in [1.165, 1.54) is 4.31 Å². The number of anilines is 2. The van der Waals surface area contributed by atoms with Crippen molar-refractivity contribution < 1.29 is 13.2 Å². The third-order valence-electron chi connectivity index (χ3n) is 7.87. The van der Waals surface area contributed by atoms with Crippen molar-refractivity contribution in [3.05, 3.63) is 60.7 Å². The van der Waals surface area contributed by atoms with Crippen LogP contribution in [0.5, 0.6) is 0 Å². The molecule has 0 spiro atoms. The molecule has 0 radical (unpaired) electrons. The highest BCUT2D eigenvalue weighted by Gasteiger charge is 2.40. The number of sulfonamides is 1. The first-order chi connectivity index (χ1) is 19.1. The van der Waals surface area contributed by atoms with Gasteiger partial charge >= 0.3 is 0 Å². The minimum atomic E-state index is -3.77. The second-order valence-corrected chi connectivity index (χ2v) is 13.0. The van der Waals surface area contributed by atoms with E-state index in [0.29, 0.717) is 25.3 Å². The first-order valence-electron chi connectivity index (χ1n) is 13.9. The molecule has 1 aromatic heterocycles. The van der Waals surface area contributed by atoms with Crippen molar-refractivity contribution >= 4 is 44.2 Å². The summed E-state index contributed by atoms with van der Waals surface area (Å²) in [6.07, 6.45) is 4.52. The molecule has 1 saturated heterocycles. The van der Waals surface area contributed by atoms with Gasteiger partial charge in [0, 0.05) is 38.1 Å². The minimum Gasteiger partial charge on any atom is -0.362 e. The number of fused-ring (bicyclic) bond motifs is 1. The maximum atomic E-state index is 13.4.